The molecule has 0 radical (unpaired) electrons. The van der Waals surface area contributed by atoms with E-state index in [9.17, 15) is 20.4 Å². The van der Waals surface area contributed by atoms with E-state index in [1.54, 1.807) is 13.2 Å². The molecule has 5 N–H and O–H groups in total. The van der Waals surface area contributed by atoms with Crippen LogP contribution in [-0.2, 0) is 21.3 Å². The van der Waals surface area contributed by atoms with Crippen LogP contribution in [0.15, 0.2) is 35.6 Å². The van der Waals surface area contributed by atoms with Crippen molar-refractivity contribution in [3.05, 3.63) is 46.7 Å². The van der Waals surface area contributed by atoms with Crippen molar-refractivity contribution in [2.75, 3.05) is 20.3 Å². The quantitative estimate of drug-likeness (QED) is 0.407. The monoisotopic (exact) mass is 445 g/mol. The van der Waals surface area contributed by atoms with Crippen LogP contribution in [0.5, 0.6) is 11.5 Å². The van der Waals surface area contributed by atoms with Gasteiger partial charge in [-0.25, -0.2) is 0 Å². The Morgan fingerprint density at radius 3 is 2.78 bits per heavy atom. The number of benzene rings is 1. The lowest BCUT2D eigenvalue weighted by molar-refractivity contribution is -0.277. The van der Waals surface area contributed by atoms with Gasteiger partial charge in [0.1, 0.15) is 30.2 Å². The Labute approximate surface area is 184 Å². The minimum absolute atomic E-state index is 0.236. The molecule has 2 aliphatic carbocycles. The Morgan fingerprint density at radius 2 is 2.00 bits per heavy atom. The van der Waals surface area contributed by atoms with E-state index in [0.717, 1.165) is 30.7 Å². The van der Waals surface area contributed by atoms with Gasteiger partial charge in [0.05, 0.1) is 19.1 Å². The maximum absolute atomic E-state index is 10.4. The second kappa shape index (κ2) is 7.18. The molecule has 32 heavy (non-hydrogen) atoms. The van der Waals surface area contributed by atoms with Gasteiger partial charge in [-0.2, -0.15) is 0 Å². The van der Waals surface area contributed by atoms with Crippen LogP contribution in [0.25, 0.3) is 0 Å². The van der Waals surface area contributed by atoms with E-state index in [2.05, 4.69) is 11.4 Å². The summed E-state index contributed by atoms with van der Waals surface area (Å²) in [5.41, 5.74) is 3.20. The molecule has 3 heterocycles. The summed E-state index contributed by atoms with van der Waals surface area (Å²) in [5, 5.41) is 43.7. The molecule has 5 aliphatic rings. The summed E-state index contributed by atoms with van der Waals surface area (Å²) < 4.78 is 23.7. The van der Waals surface area contributed by atoms with Gasteiger partial charge in [0.2, 0.25) is 6.29 Å². The zero-order valence-electron chi connectivity index (χ0n) is 17.6. The summed E-state index contributed by atoms with van der Waals surface area (Å²) in [6.45, 7) is 0.337. The number of ether oxygens (including phenoxy) is 4. The van der Waals surface area contributed by atoms with Crippen LogP contribution in [-0.4, -0.2) is 83.5 Å². The summed E-state index contributed by atoms with van der Waals surface area (Å²) in [5.74, 6) is 1.71. The standard InChI is InChI=1S/C23H27NO8/c1-29-14-5-3-11-12-8-10-2-4-13(20-16(10)23(11,6-7-24-12)21(14)32-20)30-22-19(28)18(27)17(26)15(9-25)31-22/h2-5,12,15,17-19,21-22,24-28H,6-9H2,1H3/t12?,15?,17-,18?,19+,21+,22?,23+/m1/s1. The third-order valence-corrected chi connectivity index (χ3v) is 7.57. The first kappa shape index (κ1) is 20.5. The van der Waals surface area contributed by atoms with Gasteiger partial charge in [-0.05, 0) is 42.7 Å². The molecule has 0 saturated carbocycles. The van der Waals surface area contributed by atoms with E-state index in [-0.39, 0.29) is 17.6 Å². The van der Waals surface area contributed by atoms with Crippen LogP contribution in [0.2, 0.25) is 0 Å². The van der Waals surface area contributed by atoms with Gasteiger partial charge in [-0.1, -0.05) is 12.1 Å². The minimum Gasteiger partial charge on any atom is -0.497 e. The van der Waals surface area contributed by atoms with Crippen LogP contribution < -0.4 is 14.8 Å². The Morgan fingerprint density at radius 1 is 1.16 bits per heavy atom. The molecule has 0 aromatic heterocycles. The number of aliphatic hydroxyl groups is 4. The molecular weight excluding hydrogens is 418 g/mol. The highest BCUT2D eigenvalue weighted by atomic mass is 16.7. The van der Waals surface area contributed by atoms with Crippen LogP contribution in [0, 0.1) is 0 Å². The van der Waals surface area contributed by atoms with Gasteiger partial charge in [0, 0.05) is 11.6 Å². The highest BCUT2D eigenvalue weighted by molar-refractivity contribution is 5.67. The molecule has 4 unspecified atom stereocenters. The molecule has 1 spiro atoms. The van der Waals surface area contributed by atoms with Crippen LogP contribution >= 0.6 is 0 Å². The van der Waals surface area contributed by atoms with E-state index in [1.807, 2.05) is 12.1 Å². The predicted octanol–water partition coefficient (Wildman–Crippen LogP) is -0.748. The van der Waals surface area contributed by atoms with Crippen LogP contribution in [0.1, 0.15) is 17.5 Å². The van der Waals surface area contributed by atoms with E-state index in [0.29, 0.717) is 11.5 Å². The fourth-order valence-corrected chi connectivity index (χ4v) is 6.08. The normalized spacial score (nSPS) is 41.2. The number of piperidine rings is 1. The van der Waals surface area contributed by atoms with Crippen molar-refractivity contribution >= 4 is 0 Å². The Hall–Kier alpha value is -2.14. The number of aliphatic hydroxyl groups excluding tert-OH is 4. The molecule has 1 aromatic rings. The largest absolute Gasteiger partial charge is 0.497 e. The fraction of sp³-hybridized carbons (Fsp3) is 0.565. The highest BCUT2D eigenvalue weighted by Crippen LogP contribution is 2.61. The first-order valence-corrected chi connectivity index (χ1v) is 11.0. The smallest absolute Gasteiger partial charge is 0.229 e. The summed E-state index contributed by atoms with van der Waals surface area (Å²) >= 11 is 0. The van der Waals surface area contributed by atoms with Gasteiger partial charge < -0.3 is 44.7 Å². The Balaban J connectivity index is 1.42. The second-order valence-electron chi connectivity index (χ2n) is 9.07. The summed E-state index contributed by atoms with van der Waals surface area (Å²) in [6.07, 6.45) is -1.30. The lowest BCUT2D eigenvalue weighted by Gasteiger charge is -2.49. The van der Waals surface area contributed by atoms with Crippen molar-refractivity contribution in [3.8, 4) is 11.5 Å². The molecule has 172 valence electrons. The van der Waals surface area contributed by atoms with E-state index < -0.39 is 37.3 Å². The number of methoxy groups -OCH3 is 1. The summed E-state index contributed by atoms with van der Waals surface area (Å²) in [6, 6.07) is 4.03. The SMILES string of the molecule is COC1=CC=C2C3Cc4ccc(OC5OC(CO)[C@@H](O)C(O)[C@@H]5O)c5c4[C@@]2(CCN3)[C@H]1O5. The van der Waals surface area contributed by atoms with Crippen molar-refractivity contribution in [3.63, 3.8) is 0 Å². The molecule has 2 fully saturated rings. The first-order valence-electron chi connectivity index (χ1n) is 11.0. The van der Waals surface area contributed by atoms with Crippen molar-refractivity contribution in [2.45, 2.75) is 61.1 Å². The fourth-order valence-electron chi connectivity index (χ4n) is 6.08. The first-order chi connectivity index (χ1) is 15.5. The van der Waals surface area contributed by atoms with Gasteiger partial charge in [0.15, 0.2) is 17.6 Å². The predicted molar refractivity (Wildman–Crippen MR) is 110 cm³/mol. The Kier molecular flexibility index (Phi) is 4.59. The van der Waals surface area contributed by atoms with Gasteiger partial charge in [-0.15, -0.1) is 0 Å². The van der Waals surface area contributed by atoms with E-state index >= 15 is 0 Å². The second-order valence-corrected chi connectivity index (χ2v) is 9.07. The lowest BCUT2D eigenvalue weighted by Crippen LogP contribution is -2.60. The van der Waals surface area contributed by atoms with Crippen molar-refractivity contribution in [1.29, 1.82) is 0 Å². The van der Waals surface area contributed by atoms with Crippen molar-refractivity contribution < 1.29 is 39.4 Å². The average molecular weight is 445 g/mol. The van der Waals surface area contributed by atoms with Crippen LogP contribution in [0.4, 0.5) is 0 Å². The molecule has 6 rings (SSSR count). The lowest BCUT2D eigenvalue weighted by atomic mass is 9.58. The van der Waals surface area contributed by atoms with Gasteiger partial charge >= 0.3 is 0 Å². The number of rotatable bonds is 4. The van der Waals surface area contributed by atoms with E-state index in [1.165, 1.54) is 11.1 Å². The highest BCUT2D eigenvalue weighted by Gasteiger charge is 2.61. The zero-order chi connectivity index (χ0) is 22.2. The maximum atomic E-state index is 10.4. The molecule has 9 heteroatoms. The summed E-state index contributed by atoms with van der Waals surface area (Å²) in [4.78, 5) is 0. The van der Waals surface area contributed by atoms with E-state index in [4.69, 9.17) is 18.9 Å². The topological polar surface area (TPSA) is 130 Å². The van der Waals surface area contributed by atoms with Crippen molar-refractivity contribution in [2.24, 2.45) is 0 Å². The minimum atomic E-state index is -1.51. The molecule has 1 aromatic carbocycles. The average Bonchev–Trinajstić information content (AvgIpc) is 3.14. The number of nitrogens with one attached hydrogen (secondary N) is 1. The molecule has 0 amide bonds. The van der Waals surface area contributed by atoms with Gasteiger partial charge in [-0.3, -0.25) is 0 Å². The third-order valence-electron chi connectivity index (χ3n) is 7.57. The van der Waals surface area contributed by atoms with Gasteiger partial charge in [0.25, 0.3) is 0 Å². The Bertz CT molecular complexity index is 1010. The summed E-state index contributed by atoms with van der Waals surface area (Å²) in [7, 11) is 1.64. The molecule has 9 nitrogen and oxygen atoms in total. The number of allylic oxidation sites excluding steroid dienone is 2. The molecule has 8 atom stereocenters. The molecule has 2 saturated heterocycles. The molecule has 2 bridgehead atoms. The van der Waals surface area contributed by atoms with Crippen molar-refractivity contribution in [1.82, 2.24) is 5.32 Å². The molecule has 3 aliphatic heterocycles. The zero-order valence-corrected chi connectivity index (χ0v) is 17.6. The number of hydrogen-bond acceptors (Lipinski definition) is 9. The van der Waals surface area contributed by atoms with Crippen LogP contribution in [0.3, 0.4) is 0 Å². The third kappa shape index (κ3) is 2.55. The molecular formula is C23H27NO8. The maximum Gasteiger partial charge on any atom is 0.229 e. The number of hydrogen-bond donors (Lipinski definition) is 5.